The number of carbonyl (C=O) groups is 2. The molecule has 164 valence electrons. The van der Waals surface area contributed by atoms with Gasteiger partial charge in [-0.15, -0.1) is 0 Å². The third-order valence-electron chi connectivity index (χ3n) is 6.39. The number of aldehydes is 1. The number of hydrogen-bond acceptors (Lipinski definition) is 4. The second-order valence-electron chi connectivity index (χ2n) is 8.29. The Balaban J connectivity index is 1.71. The summed E-state index contributed by atoms with van der Waals surface area (Å²) in [6, 6.07) is 21.6. The van der Waals surface area contributed by atoms with Gasteiger partial charge in [0.1, 0.15) is 11.3 Å². The van der Waals surface area contributed by atoms with Crippen molar-refractivity contribution >= 4 is 23.3 Å². The first kappa shape index (κ1) is 20.7. The number of nitrogens with one attached hydrogen (secondary N) is 1. The highest BCUT2D eigenvalue weighted by Crippen LogP contribution is 2.42. The van der Waals surface area contributed by atoms with Crippen molar-refractivity contribution in [3.8, 4) is 22.5 Å². The van der Waals surface area contributed by atoms with Crippen LogP contribution in [0, 0.1) is 0 Å². The summed E-state index contributed by atoms with van der Waals surface area (Å²) in [7, 11) is 0. The van der Waals surface area contributed by atoms with Crippen molar-refractivity contribution in [1.29, 1.82) is 0 Å². The molecule has 0 unspecified atom stereocenters. The standard InChI is InChI=1S/C27H21NO5/c29-16-19-8-4-9-21-23(30)22(25(33-24(19)21)18-6-2-1-3-7-18)17-10-12-20(13-11-17)27(14-5-15-27)28-26(31)32/h1-4,6-13,16,28H,5,14-15H2,(H,31,32). The molecule has 0 saturated heterocycles. The van der Waals surface area contributed by atoms with Crippen molar-refractivity contribution in [3.05, 3.63) is 94.1 Å². The lowest BCUT2D eigenvalue weighted by Crippen LogP contribution is -2.50. The second kappa shape index (κ2) is 8.06. The third kappa shape index (κ3) is 3.49. The van der Waals surface area contributed by atoms with Crippen LogP contribution in [0.3, 0.4) is 0 Å². The Hall–Kier alpha value is -4.19. The minimum absolute atomic E-state index is 0.228. The number of para-hydroxylation sites is 1. The van der Waals surface area contributed by atoms with E-state index < -0.39 is 11.6 Å². The van der Waals surface area contributed by atoms with Crippen molar-refractivity contribution in [2.75, 3.05) is 0 Å². The molecule has 5 rings (SSSR count). The van der Waals surface area contributed by atoms with Gasteiger partial charge in [0.25, 0.3) is 0 Å². The predicted octanol–water partition coefficient (Wildman–Crippen LogP) is 5.59. The SMILES string of the molecule is O=Cc1cccc2c(=O)c(-c3ccc(C4(NC(=O)O)CCC4)cc3)c(-c3ccccc3)oc12. The normalized spacial score (nSPS) is 14.4. The molecule has 2 N–H and O–H groups in total. The Morgan fingerprint density at radius 1 is 0.939 bits per heavy atom. The summed E-state index contributed by atoms with van der Waals surface area (Å²) in [6.45, 7) is 0. The maximum absolute atomic E-state index is 13.6. The van der Waals surface area contributed by atoms with Gasteiger partial charge in [0.15, 0.2) is 6.29 Å². The fourth-order valence-electron chi connectivity index (χ4n) is 4.56. The Kier molecular flexibility index (Phi) is 5.05. The van der Waals surface area contributed by atoms with E-state index in [0.29, 0.717) is 34.1 Å². The van der Waals surface area contributed by atoms with Crippen LogP contribution in [-0.2, 0) is 5.54 Å². The Morgan fingerprint density at radius 2 is 1.67 bits per heavy atom. The van der Waals surface area contributed by atoms with Crippen LogP contribution in [0.5, 0.6) is 0 Å². The van der Waals surface area contributed by atoms with Crippen LogP contribution < -0.4 is 10.7 Å². The van der Waals surface area contributed by atoms with Crippen LogP contribution >= 0.6 is 0 Å². The molecule has 0 spiro atoms. The molecular weight excluding hydrogens is 418 g/mol. The van der Waals surface area contributed by atoms with Crippen LogP contribution in [0.2, 0.25) is 0 Å². The molecular formula is C27H21NO5. The molecule has 0 radical (unpaired) electrons. The van der Waals surface area contributed by atoms with Gasteiger partial charge >= 0.3 is 6.09 Å². The predicted molar refractivity (Wildman–Crippen MR) is 125 cm³/mol. The van der Waals surface area contributed by atoms with Crippen LogP contribution in [-0.4, -0.2) is 17.5 Å². The molecule has 1 amide bonds. The first-order valence-electron chi connectivity index (χ1n) is 10.7. The molecule has 33 heavy (non-hydrogen) atoms. The van der Waals surface area contributed by atoms with Crippen molar-refractivity contribution in [2.24, 2.45) is 0 Å². The van der Waals surface area contributed by atoms with Crippen LogP contribution in [0.15, 0.2) is 82.0 Å². The number of hydrogen-bond donors (Lipinski definition) is 2. The van der Waals surface area contributed by atoms with Crippen molar-refractivity contribution in [3.63, 3.8) is 0 Å². The zero-order chi connectivity index (χ0) is 23.0. The van der Waals surface area contributed by atoms with E-state index in [9.17, 15) is 19.5 Å². The summed E-state index contributed by atoms with van der Waals surface area (Å²) >= 11 is 0. The smallest absolute Gasteiger partial charge is 0.405 e. The molecule has 6 heteroatoms. The molecule has 0 aliphatic heterocycles. The van der Waals surface area contributed by atoms with Gasteiger partial charge in [0.2, 0.25) is 5.43 Å². The summed E-state index contributed by atoms with van der Waals surface area (Å²) in [5.74, 6) is 0.386. The molecule has 0 bridgehead atoms. The average Bonchev–Trinajstić information content (AvgIpc) is 2.81. The monoisotopic (exact) mass is 439 g/mol. The number of amides is 1. The summed E-state index contributed by atoms with van der Waals surface area (Å²) in [4.78, 5) is 36.5. The number of carbonyl (C=O) groups excluding carboxylic acids is 1. The van der Waals surface area contributed by atoms with Gasteiger partial charge < -0.3 is 14.8 Å². The molecule has 1 aromatic heterocycles. The lowest BCUT2D eigenvalue weighted by molar-refractivity contribution is 0.112. The van der Waals surface area contributed by atoms with E-state index in [1.54, 1.807) is 18.2 Å². The van der Waals surface area contributed by atoms with E-state index in [0.717, 1.165) is 30.4 Å². The molecule has 1 aliphatic rings. The number of carboxylic acid groups (broad SMARTS) is 1. The maximum Gasteiger partial charge on any atom is 0.405 e. The van der Waals surface area contributed by atoms with Gasteiger partial charge in [-0.05, 0) is 42.5 Å². The van der Waals surface area contributed by atoms with E-state index in [2.05, 4.69) is 5.32 Å². The van der Waals surface area contributed by atoms with Gasteiger partial charge in [0.05, 0.1) is 22.1 Å². The zero-order valence-corrected chi connectivity index (χ0v) is 17.7. The average molecular weight is 439 g/mol. The highest BCUT2D eigenvalue weighted by atomic mass is 16.4. The van der Waals surface area contributed by atoms with E-state index in [-0.39, 0.29) is 11.0 Å². The number of rotatable bonds is 5. The summed E-state index contributed by atoms with van der Waals surface area (Å²) in [5, 5.41) is 12.3. The van der Waals surface area contributed by atoms with E-state index >= 15 is 0 Å². The molecule has 3 aromatic carbocycles. The topological polar surface area (TPSA) is 96.6 Å². The Labute approximate surface area is 189 Å². The molecule has 4 aromatic rings. The van der Waals surface area contributed by atoms with Gasteiger partial charge in [-0.3, -0.25) is 9.59 Å². The summed E-state index contributed by atoms with van der Waals surface area (Å²) in [5.41, 5.74) is 2.42. The first-order chi connectivity index (χ1) is 16.0. The molecule has 6 nitrogen and oxygen atoms in total. The molecule has 1 heterocycles. The fourth-order valence-corrected chi connectivity index (χ4v) is 4.56. The fraction of sp³-hybridized carbons (Fsp3) is 0.148. The zero-order valence-electron chi connectivity index (χ0n) is 17.7. The first-order valence-corrected chi connectivity index (χ1v) is 10.7. The Morgan fingerprint density at radius 3 is 2.27 bits per heavy atom. The van der Waals surface area contributed by atoms with Crippen LogP contribution in [0.1, 0.15) is 35.2 Å². The highest BCUT2D eigenvalue weighted by Gasteiger charge is 2.40. The van der Waals surface area contributed by atoms with Crippen LogP contribution in [0.25, 0.3) is 33.4 Å². The van der Waals surface area contributed by atoms with Gasteiger partial charge in [-0.2, -0.15) is 0 Å². The molecule has 0 atom stereocenters. The lowest BCUT2D eigenvalue weighted by Gasteiger charge is -2.42. The largest absolute Gasteiger partial charge is 0.465 e. The van der Waals surface area contributed by atoms with Crippen LogP contribution in [0.4, 0.5) is 4.79 Å². The third-order valence-corrected chi connectivity index (χ3v) is 6.39. The maximum atomic E-state index is 13.6. The summed E-state index contributed by atoms with van der Waals surface area (Å²) < 4.78 is 6.20. The van der Waals surface area contributed by atoms with E-state index in [1.165, 1.54) is 0 Å². The molecule has 1 aliphatic carbocycles. The quantitative estimate of drug-likeness (QED) is 0.395. The van der Waals surface area contributed by atoms with Gasteiger partial charge in [-0.25, -0.2) is 4.79 Å². The Bertz CT molecular complexity index is 1420. The minimum atomic E-state index is -1.05. The van der Waals surface area contributed by atoms with E-state index in [1.807, 2.05) is 54.6 Å². The number of benzene rings is 3. The second-order valence-corrected chi connectivity index (χ2v) is 8.29. The number of fused-ring (bicyclic) bond motifs is 1. The van der Waals surface area contributed by atoms with Crippen molar-refractivity contribution in [2.45, 2.75) is 24.8 Å². The lowest BCUT2D eigenvalue weighted by atomic mass is 9.71. The van der Waals surface area contributed by atoms with Gasteiger partial charge in [0, 0.05) is 5.56 Å². The molecule has 1 saturated carbocycles. The van der Waals surface area contributed by atoms with Gasteiger partial charge in [-0.1, -0.05) is 60.7 Å². The highest BCUT2D eigenvalue weighted by molar-refractivity contribution is 5.97. The van der Waals surface area contributed by atoms with Crippen molar-refractivity contribution in [1.82, 2.24) is 5.32 Å². The van der Waals surface area contributed by atoms with E-state index in [4.69, 9.17) is 4.42 Å². The molecule has 1 fully saturated rings. The summed E-state index contributed by atoms with van der Waals surface area (Å²) in [6.07, 6.45) is 2.06. The van der Waals surface area contributed by atoms with Crippen molar-refractivity contribution < 1.29 is 19.1 Å². The minimum Gasteiger partial charge on any atom is -0.465 e.